The van der Waals surface area contributed by atoms with Crippen molar-refractivity contribution in [3.63, 3.8) is 0 Å². The predicted molar refractivity (Wildman–Crippen MR) is 62.3 cm³/mol. The van der Waals surface area contributed by atoms with Crippen LogP contribution in [0.3, 0.4) is 0 Å². The molecule has 2 N–H and O–H groups in total. The highest BCUT2D eigenvalue weighted by atomic mass is 19.1. The summed E-state index contributed by atoms with van der Waals surface area (Å²) in [5.41, 5.74) is 5.58. The van der Waals surface area contributed by atoms with Gasteiger partial charge in [-0.25, -0.2) is 9.97 Å². The fraction of sp³-hybridized carbons (Fsp3) is 0.182. The molecule has 0 fully saturated rings. The van der Waals surface area contributed by atoms with Crippen molar-refractivity contribution in [2.45, 2.75) is 13.8 Å². The molecule has 3 aromatic heterocycles. The van der Waals surface area contributed by atoms with E-state index >= 15 is 0 Å². The summed E-state index contributed by atoms with van der Waals surface area (Å²) in [6.45, 7) is 3.47. The third-order valence-corrected chi connectivity index (χ3v) is 2.52. The first-order valence-electron chi connectivity index (χ1n) is 5.31. The Hall–Kier alpha value is -2.44. The third kappa shape index (κ3) is 1.44. The number of anilines is 1. The maximum absolute atomic E-state index is 13.8. The van der Waals surface area contributed by atoms with E-state index in [0.29, 0.717) is 17.4 Å². The minimum atomic E-state index is -0.678. The molecule has 0 aliphatic heterocycles. The Morgan fingerprint density at radius 1 is 1.28 bits per heavy atom. The second kappa shape index (κ2) is 3.52. The number of fused-ring (bicyclic) bond motifs is 1. The van der Waals surface area contributed by atoms with Crippen molar-refractivity contribution in [1.82, 2.24) is 19.6 Å². The quantitative estimate of drug-likeness (QED) is 0.708. The highest BCUT2D eigenvalue weighted by Gasteiger charge is 2.18. The number of nitrogens with two attached hydrogens (primary N) is 1. The van der Waals surface area contributed by atoms with Crippen LogP contribution in [0.15, 0.2) is 16.5 Å². The molecule has 3 aromatic rings. The Labute approximate surface area is 101 Å². The minimum absolute atomic E-state index is 0.0454. The molecule has 0 atom stereocenters. The van der Waals surface area contributed by atoms with Gasteiger partial charge >= 0.3 is 0 Å². The number of hydrogen-bond donors (Lipinski definition) is 1. The summed E-state index contributed by atoms with van der Waals surface area (Å²) in [5.74, 6) is 1.05. The Morgan fingerprint density at radius 2 is 2.06 bits per heavy atom. The average molecular weight is 247 g/mol. The first-order chi connectivity index (χ1) is 8.56. The Bertz CT molecular complexity index is 745. The van der Waals surface area contributed by atoms with Gasteiger partial charge in [0.2, 0.25) is 11.6 Å². The number of aryl methyl sites for hydroxylation is 2. The Balaban J connectivity index is 2.38. The van der Waals surface area contributed by atoms with E-state index in [0.717, 1.165) is 5.76 Å². The molecule has 7 heteroatoms. The van der Waals surface area contributed by atoms with Crippen LogP contribution in [-0.2, 0) is 0 Å². The van der Waals surface area contributed by atoms with Gasteiger partial charge in [-0.3, -0.25) is 0 Å². The first-order valence-corrected chi connectivity index (χ1v) is 5.31. The van der Waals surface area contributed by atoms with E-state index in [4.69, 9.17) is 10.2 Å². The van der Waals surface area contributed by atoms with Crippen molar-refractivity contribution in [3.8, 4) is 11.6 Å². The minimum Gasteiger partial charge on any atom is -0.458 e. The van der Waals surface area contributed by atoms with E-state index in [1.165, 1.54) is 4.52 Å². The molecule has 0 saturated carbocycles. The summed E-state index contributed by atoms with van der Waals surface area (Å²) in [7, 11) is 0. The number of nitrogens with zero attached hydrogens (tertiary/aromatic N) is 4. The zero-order valence-electron chi connectivity index (χ0n) is 9.81. The largest absolute Gasteiger partial charge is 0.458 e. The molecule has 0 spiro atoms. The van der Waals surface area contributed by atoms with Crippen LogP contribution in [0.4, 0.5) is 10.2 Å². The molecular formula is C11H10FN5O. The highest BCUT2D eigenvalue weighted by Crippen LogP contribution is 2.24. The fourth-order valence-corrected chi connectivity index (χ4v) is 1.74. The van der Waals surface area contributed by atoms with Gasteiger partial charge in [0.25, 0.3) is 0 Å². The summed E-state index contributed by atoms with van der Waals surface area (Å²) >= 11 is 0. The van der Waals surface area contributed by atoms with Gasteiger partial charge in [0, 0.05) is 0 Å². The molecule has 0 aliphatic rings. The lowest BCUT2D eigenvalue weighted by Crippen LogP contribution is -2.05. The van der Waals surface area contributed by atoms with Gasteiger partial charge in [0.1, 0.15) is 11.6 Å². The van der Waals surface area contributed by atoms with Crippen LogP contribution in [0.1, 0.15) is 11.6 Å². The second-order valence-corrected chi connectivity index (χ2v) is 3.94. The molecule has 0 bridgehead atoms. The molecule has 3 heterocycles. The van der Waals surface area contributed by atoms with Crippen molar-refractivity contribution < 1.29 is 8.81 Å². The molecule has 0 amide bonds. The lowest BCUT2D eigenvalue weighted by atomic mass is 10.4. The number of hydrogen-bond acceptors (Lipinski definition) is 5. The maximum Gasteiger partial charge on any atom is 0.209 e. The molecule has 0 aliphatic carbocycles. The van der Waals surface area contributed by atoms with Gasteiger partial charge in [0.05, 0.1) is 0 Å². The first kappa shape index (κ1) is 10.7. The molecule has 6 nitrogen and oxygen atoms in total. The predicted octanol–water partition coefficient (Wildman–Crippen LogP) is 1.72. The van der Waals surface area contributed by atoms with Crippen LogP contribution in [0.5, 0.6) is 0 Å². The molecule has 0 saturated heterocycles. The summed E-state index contributed by atoms with van der Waals surface area (Å²) in [4.78, 5) is 7.95. The topological polar surface area (TPSA) is 82.2 Å². The summed E-state index contributed by atoms with van der Waals surface area (Å²) < 4.78 is 20.5. The lowest BCUT2D eigenvalue weighted by molar-refractivity contribution is 0.540. The van der Waals surface area contributed by atoms with E-state index in [1.54, 1.807) is 26.0 Å². The third-order valence-electron chi connectivity index (χ3n) is 2.52. The van der Waals surface area contributed by atoms with Crippen LogP contribution in [0.2, 0.25) is 0 Å². The monoisotopic (exact) mass is 247 g/mol. The van der Waals surface area contributed by atoms with Crippen molar-refractivity contribution in [2.24, 2.45) is 0 Å². The van der Waals surface area contributed by atoms with Crippen LogP contribution < -0.4 is 5.73 Å². The smallest absolute Gasteiger partial charge is 0.209 e. The molecular weight excluding hydrogens is 237 g/mol. The summed E-state index contributed by atoms with van der Waals surface area (Å²) in [5, 5.41) is 4.09. The van der Waals surface area contributed by atoms with E-state index < -0.39 is 5.82 Å². The molecule has 18 heavy (non-hydrogen) atoms. The average Bonchev–Trinajstić information content (AvgIpc) is 2.90. The van der Waals surface area contributed by atoms with Gasteiger partial charge in [-0.2, -0.15) is 8.91 Å². The van der Waals surface area contributed by atoms with E-state index in [2.05, 4.69) is 15.1 Å². The van der Waals surface area contributed by atoms with E-state index in [1.807, 2.05) is 0 Å². The SMILES string of the molecule is Cc1nc2c(F)c(N)nc(-c3ccc(C)o3)n2n1. The van der Waals surface area contributed by atoms with Gasteiger partial charge in [-0.1, -0.05) is 0 Å². The number of nitrogen functional groups attached to an aromatic ring is 1. The Morgan fingerprint density at radius 3 is 2.72 bits per heavy atom. The van der Waals surface area contributed by atoms with Gasteiger partial charge < -0.3 is 10.2 Å². The van der Waals surface area contributed by atoms with Crippen LogP contribution >= 0.6 is 0 Å². The molecule has 3 rings (SSSR count). The normalized spacial score (nSPS) is 11.3. The number of halogens is 1. The molecule has 0 radical (unpaired) electrons. The zero-order valence-corrected chi connectivity index (χ0v) is 9.81. The number of rotatable bonds is 1. The van der Waals surface area contributed by atoms with Crippen molar-refractivity contribution in [1.29, 1.82) is 0 Å². The van der Waals surface area contributed by atoms with Crippen LogP contribution in [-0.4, -0.2) is 19.6 Å². The van der Waals surface area contributed by atoms with Gasteiger partial charge in [-0.15, -0.1) is 5.10 Å². The van der Waals surface area contributed by atoms with Crippen LogP contribution in [0.25, 0.3) is 17.2 Å². The van der Waals surface area contributed by atoms with Crippen LogP contribution in [0, 0.1) is 19.7 Å². The molecule has 0 aromatic carbocycles. The van der Waals surface area contributed by atoms with E-state index in [9.17, 15) is 4.39 Å². The second-order valence-electron chi connectivity index (χ2n) is 3.94. The summed E-state index contributed by atoms with van der Waals surface area (Å²) in [6, 6.07) is 3.51. The van der Waals surface area contributed by atoms with Crippen molar-refractivity contribution in [3.05, 3.63) is 29.5 Å². The molecule has 0 unspecified atom stereocenters. The number of aromatic nitrogens is 4. The fourth-order valence-electron chi connectivity index (χ4n) is 1.74. The van der Waals surface area contributed by atoms with Crippen molar-refractivity contribution in [2.75, 3.05) is 5.73 Å². The maximum atomic E-state index is 13.8. The van der Waals surface area contributed by atoms with Gasteiger partial charge in [-0.05, 0) is 26.0 Å². The van der Waals surface area contributed by atoms with E-state index in [-0.39, 0.29) is 11.5 Å². The Kier molecular flexibility index (Phi) is 2.09. The summed E-state index contributed by atoms with van der Waals surface area (Å²) in [6.07, 6.45) is 0. The standard InChI is InChI=1S/C11H10FN5O/c1-5-3-4-7(18-5)10-15-9(13)8(12)11-14-6(2)16-17(10)11/h3-4H,13H2,1-2H3. The number of furan rings is 1. The lowest BCUT2D eigenvalue weighted by Gasteiger charge is -2.03. The van der Waals surface area contributed by atoms with Crippen molar-refractivity contribution >= 4 is 11.5 Å². The van der Waals surface area contributed by atoms with Gasteiger partial charge in [0.15, 0.2) is 17.2 Å². The highest BCUT2D eigenvalue weighted by molar-refractivity contribution is 5.59. The molecule has 92 valence electrons. The zero-order chi connectivity index (χ0) is 12.9.